The Balaban J connectivity index is 0.000000257. The first-order valence-electron chi connectivity index (χ1n) is 8.40. The standard InChI is InChI=1S/C13H22N.C6HF5/c1-2-3-4-5-6-8-11-14-12-9-7-10-13-14;7-2-1-3(8)5(10)6(11)4(2)9/h7,9-10,12-13H,2-6,8,11H2,1H3;1H/q+1;. The molecule has 25 heavy (non-hydrogen) atoms. The number of nitrogens with zero attached hydrogens (tertiary/aromatic N) is 1. The Morgan fingerprint density at radius 2 is 1.20 bits per heavy atom. The Morgan fingerprint density at radius 3 is 1.76 bits per heavy atom. The van der Waals surface area contributed by atoms with Gasteiger partial charge in [0.25, 0.3) is 0 Å². The topological polar surface area (TPSA) is 3.88 Å². The molecule has 0 aliphatic carbocycles. The minimum atomic E-state index is -2.14. The van der Waals surface area contributed by atoms with Crippen molar-refractivity contribution in [3.63, 3.8) is 0 Å². The van der Waals surface area contributed by atoms with Crippen LogP contribution in [0.5, 0.6) is 0 Å². The fourth-order valence-corrected chi connectivity index (χ4v) is 2.20. The number of benzene rings is 1. The summed E-state index contributed by atoms with van der Waals surface area (Å²) in [6, 6.07) is 6.19. The Hall–Kier alpha value is -1.98. The van der Waals surface area contributed by atoms with Crippen molar-refractivity contribution >= 4 is 0 Å². The van der Waals surface area contributed by atoms with Crippen LogP contribution in [-0.2, 0) is 6.54 Å². The zero-order valence-corrected chi connectivity index (χ0v) is 14.3. The lowest BCUT2D eigenvalue weighted by Gasteiger charge is -1.98. The van der Waals surface area contributed by atoms with E-state index in [-0.39, 0.29) is 6.07 Å². The number of unbranched alkanes of at least 4 members (excludes halogenated alkanes) is 5. The van der Waals surface area contributed by atoms with Gasteiger partial charge in [0, 0.05) is 24.6 Å². The van der Waals surface area contributed by atoms with Gasteiger partial charge < -0.3 is 0 Å². The van der Waals surface area contributed by atoms with Crippen LogP contribution in [0.4, 0.5) is 22.0 Å². The van der Waals surface area contributed by atoms with Crippen LogP contribution >= 0.6 is 0 Å². The third-order valence-corrected chi connectivity index (χ3v) is 3.61. The molecule has 0 N–H and O–H groups in total. The van der Waals surface area contributed by atoms with Crippen LogP contribution in [0.2, 0.25) is 0 Å². The number of hydrogen-bond acceptors (Lipinski definition) is 0. The predicted molar refractivity (Wildman–Crippen MR) is 86.2 cm³/mol. The van der Waals surface area contributed by atoms with Crippen molar-refractivity contribution in [2.24, 2.45) is 0 Å². The summed E-state index contributed by atoms with van der Waals surface area (Å²) in [7, 11) is 0. The van der Waals surface area contributed by atoms with Gasteiger partial charge in [-0.25, -0.2) is 26.5 Å². The monoisotopic (exact) mass is 360 g/mol. The highest BCUT2D eigenvalue weighted by Gasteiger charge is 2.18. The molecule has 0 fully saturated rings. The summed E-state index contributed by atoms with van der Waals surface area (Å²) in [5.74, 6) is -9.65. The highest BCUT2D eigenvalue weighted by atomic mass is 19.2. The van der Waals surface area contributed by atoms with E-state index < -0.39 is 29.1 Å². The molecule has 0 spiro atoms. The molecule has 0 radical (unpaired) electrons. The first-order valence-corrected chi connectivity index (χ1v) is 8.40. The smallest absolute Gasteiger partial charge is 0.200 e. The Labute approximate surface area is 145 Å². The van der Waals surface area contributed by atoms with Crippen molar-refractivity contribution < 1.29 is 26.5 Å². The molecule has 0 saturated heterocycles. The van der Waals surface area contributed by atoms with Gasteiger partial charge in [0.15, 0.2) is 35.7 Å². The number of aryl methyl sites for hydroxylation is 1. The summed E-state index contributed by atoms with van der Waals surface area (Å²) in [5.41, 5.74) is 0. The van der Waals surface area contributed by atoms with Crippen molar-refractivity contribution in [3.8, 4) is 0 Å². The molecule has 1 aromatic carbocycles. The maximum absolute atomic E-state index is 12.0. The molecule has 0 amide bonds. The average Bonchev–Trinajstić information content (AvgIpc) is 2.63. The molecular formula is C19H23F5N+. The number of pyridine rings is 1. The molecule has 0 aliphatic rings. The molecule has 2 rings (SSSR count). The molecule has 138 valence electrons. The van der Waals surface area contributed by atoms with E-state index in [4.69, 9.17) is 0 Å². The van der Waals surface area contributed by atoms with Crippen LogP contribution in [0.15, 0.2) is 36.7 Å². The molecule has 6 heteroatoms. The van der Waals surface area contributed by atoms with E-state index in [1.807, 2.05) is 0 Å². The zero-order valence-electron chi connectivity index (χ0n) is 14.3. The van der Waals surface area contributed by atoms with Crippen molar-refractivity contribution in [3.05, 3.63) is 65.7 Å². The van der Waals surface area contributed by atoms with E-state index in [1.165, 1.54) is 45.1 Å². The third kappa shape index (κ3) is 7.63. The van der Waals surface area contributed by atoms with E-state index in [9.17, 15) is 22.0 Å². The fraction of sp³-hybridized carbons (Fsp3) is 0.421. The van der Waals surface area contributed by atoms with Gasteiger partial charge in [0.05, 0.1) is 0 Å². The van der Waals surface area contributed by atoms with Gasteiger partial charge in [0.2, 0.25) is 5.82 Å². The zero-order chi connectivity index (χ0) is 18.7. The SMILES string of the molecule is CCCCCCCC[n+]1ccccc1.Fc1cc(F)c(F)c(F)c1F. The maximum atomic E-state index is 12.0. The molecule has 1 nitrogen and oxygen atoms in total. The van der Waals surface area contributed by atoms with Crippen LogP contribution < -0.4 is 4.57 Å². The largest absolute Gasteiger partial charge is 0.205 e. The van der Waals surface area contributed by atoms with Crippen molar-refractivity contribution in [2.45, 2.75) is 52.0 Å². The van der Waals surface area contributed by atoms with Gasteiger partial charge in [0.1, 0.15) is 6.54 Å². The molecule has 0 unspecified atom stereocenters. The minimum absolute atomic E-state index is 0.0618. The fourth-order valence-electron chi connectivity index (χ4n) is 2.20. The van der Waals surface area contributed by atoms with E-state index in [0.29, 0.717) is 0 Å². The molecule has 0 saturated carbocycles. The third-order valence-electron chi connectivity index (χ3n) is 3.61. The number of halogens is 5. The second-order valence-corrected chi connectivity index (χ2v) is 5.66. The lowest BCUT2D eigenvalue weighted by molar-refractivity contribution is -0.697. The van der Waals surface area contributed by atoms with Crippen LogP contribution in [0.1, 0.15) is 45.4 Å². The molecule has 1 heterocycles. The molecule has 0 aliphatic heterocycles. The first kappa shape index (κ1) is 21.1. The van der Waals surface area contributed by atoms with Crippen LogP contribution in [0, 0.1) is 29.1 Å². The summed E-state index contributed by atoms with van der Waals surface area (Å²) >= 11 is 0. The summed E-state index contributed by atoms with van der Waals surface area (Å²) in [5, 5.41) is 0. The van der Waals surface area contributed by atoms with Crippen molar-refractivity contribution in [1.82, 2.24) is 0 Å². The van der Waals surface area contributed by atoms with Gasteiger partial charge in [-0.05, 0) is 6.42 Å². The summed E-state index contributed by atoms with van der Waals surface area (Å²) in [6.07, 6.45) is 12.5. The highest BCUT2D eigenvalue weighted by molar-refractivity contribution is 5.12. The van der Waals surface area contributed by atoms with Gasteiger partial charge >= 0.3 is 0 Å². The second kappa shape index (κ2) is 11.6. The van der Waals surface area contributed by atoms with Gasteiger partial charge in [-0.3, -0.25) is 0 Å². The van der Waals surface area contributed by atoms with E-state index in [1.54, 1.807) is 0 Å². The normalized spacial score (nSPS) is 10.3. The Kier molecular flexibility index (Phi) is 9.73. The number of aromatic nitrogens is 1. The van der Waals surface area contributed by atoms with E-state index in [2.05, 4.69) is 42.1 Å². The van der Waals surface area contributed by atoms with Crippen molar-refractivity contribution in [2.75, 3.05) is 0 Å². The van der Waals surface area contributed by atoms with Crippen LogP contribution in [-0.4, -0.2) is 0 Å². The van der Waals surface area contributed by atoms with Crippen LogP contribution in [0.3, 0.4) is 0 Å². The summed E-state index contributed by atoms with van der Waals surface area (Å²) < 4.78 is 62.3. The lowest BCUT2D eigenvalue weighted by atomic mass is 10.1. The summed E-state index contributed by atoms with van der Waals surface area (Å²) in [4.78, 5) is 0. The molecule has 1 aromatic heterocycles. The average molecular weight is 360 g/mol. The van der Waals surface area contributed by atoms with Gasteiger partial charge in [-0.2, -0.15) is 0 Å². The van der Waals surface area contributed by atoms with Gasteiger partial charge in [-0.15, -0.1) is 0 Å². The Bertz CT molecular complexity index is 605. The molecule has 0 atom stereocenters. The Morgan fingerprint density at radius 1 is 0.680 bits per heavy atom. The van der Waals surface area contributed by atoms with E-state index >= 15 is 0 Å². The lowest BCUT2D eigenvalue weighted by Crippen LogP contribution is -2.32. The predicted octanol–water partition coefficient (Wildman–Crippen LogP) is 5.72. The molecular weight excluding hydrogens is 337 g/mol. The minimum Gasteiger partial charge on any atom is -0.205 e. The number of hydrogen-bond donors (Lipinski definition) is 0. The molecule has 2 aromatic rings. The first-order chi connectivity index (χ1) is 12.0. The quantitative estimate of drug-likeness (QED) is 0.196. The van der Waals surface area contributed by atoms with Gasteiger partial charge in [-0.1, -0.05) is 38.7 Å². The highest BCUT2D eigenvalue weighted by Crippen LogP contribution is 2.16. The van der Waals surface area contributed by atoms with Crippen LogP contribution in [0.25, 0.3) is 0 Å². The van der Waals surface area contributed by atoms with E-state index in [0.717, 1.165) is 0 Å². The van der Waals surface area contributed by atoms with Crippen molar-refractivity contribution in [1.29, 1.82) is 0 Å². The maximum Gasteiger partial charge on any atom is 0.200 e. The molecule has 0 bridgehead atoms. The summed E-state index contributed by atoms with van der Waals surface area (Å²) in [6.45, 7) is 3.44. The number of rotatable bonds is 7. The second-order valence-electron chi connectivity index (χ2n) is 5.66.